The van der Waals surface area contributed by atoms with Gasteiger partial charge in [0.15, 0.2) is 11.5 Å². The normalized spacial score (nSPS) is 11.6. The van der Waals surface area contributed by atoms with Crippen LogP contribution in [0.5, 0.6) is 11.5 Å². The number of benzene rings is 2. The summed E-state index contributed by atoms with van der Waals surface area (Å²) in [5, 5.41) is 3.08. The Kier molecular flexibility index (Phi) is 6.03. The minimum atomic E-state index is -0.103. The third-order valence-electron chi connectivity index (χ3n) is 3.80. The molecule has 0 spiro atoms. The number of hydrogen-bond acceptors (Lipinski definition) is 3. The monoisotopic (exact) mass is 313 g/mol. The number of methoxy groups -OCH3 is 2. The first-order valence-corrected chi connectivity index (χ1v) is 7.74. The van der Waals surface area contributed by atoms with E-state index in [0.717, 1.165) is 12.8 Å². The lowest BCUT2D eigenvalue weighted by atomic mass is 10.0. The topological polar surface area (TPSA) is 47.6 Å². The number of hydrogen-bond donors (Lipinski definition) is 1. The minimum absolute atomic E-state index is 0.0954. The lowest BCUT2D eigenvalue weighted by Crippen LogP contribution is -2.36. The fourth-order valence-corrected chi connectivity index (χ4v) is 2.44. The molecule has 0 aliphatic rings. The van der Waals surface area contributed by atoms with Gasteiger partial charge in [-0.2, -0.15) is 0 Å². The fourth-order valence-electron chi connectivity index (χ4n) is 2.44. The van der Waals surface area contributed by atoms with Crippen molar-refractivity contribution in [1.82, 2.24) is 5.32 Å². The fraction of sp³-hybridized carbons (Fsp3) is 0.316. The molecule has 0 saturated carbocycles. The van der Waals surface area contributed by atoms with Gasteiger partial charge < -0.3 is 14.8 Å². The van der Waals surface area contributed by atoms with Crippen molar-refractivity contribution in [3.8, 4) is 11.5 Å². The molecule has 2 aromatic carbocycles. The predicted octanol–water partition coefficient (Wildman–Crippen LogP) is 3.45. The zero-order chi connectivity index (χ0) is 16.7. The molecule has 0 saturated heterocycles. The molecule has 0 heterocycles. The molecular weight excluding hydrogens is 290 g/mol. The molecule has 4 heteroatoms. The van der Waals surface area contributed by atoms with Gasteiger partial charge in [0.05, 0.1) is 14.2 Å². The first-order valence-electron chi connectivity index (χ1n) is 7.74. The Labute approximate surface area is 137 Å². The Hall–Kier alpha value is -2.49. The standard InChI is InChI=1S/C19H23NO3/c1-4-16(12-14-8-6-5-7-9-14)20-19(21)15-10-11-17(22-2)18(13-15)23-3/h5-11,13,16H,4,12H2,1-3H3,(H,20,21). The first-order chi connectivity index (χ1) is 11.2. The van der Waals surface area contributed by atoms with Gasteiger partial charge in [0, 0.05) is 11.6 Å². The van der Waals surface area contributed by atoms with Crippen LogP contribution in [0.4, 0.5) is 0 Å². The molecule has 4 nitrogen and oxygen atoms in total. The molecule has 0 radical (unpaired) electrons. The summed E-state index contributed by atoms with van der Waals surface area (Å²) >= 11 is 0. The second-order valence-electron chi connectivity index (χ2n) is 5.34. The van der Waals surface area contributed by atoms with Gasteiger partial charge in [0.25, 0.3) is 5.91 Å². The summed E-state index contributed by atoms with van der Waals surface area (Å²) in [6.07, 6.45) is 1.68. The van der Waals surface area contributed by atoms with Crippen LogP contribution in [0.2, 0.25) is 0 Å². The van der Waals surface area contributed by atoms with Crippen molar-refractivity contribution in [1.29, 1.82) is 0 Å². The highest BCUT2D eigenvalue weighted by Gasteiger charge is 2.15. The lowest BCUT2D eigenvalue weighted by Gasteiger charge is -2.18. The van der Waals surface area contributed by atoms with Crippen molar-refractivity contribution in [2.45, 2.75) is 25.8 Å². The minimum Gasteiger partial charge on any atom is -0.493 e. The van der Waals surface area contributed by atoms with Gasteiger partial charge in [-0.15, -0.1) is 0 Å². The highest BCUT2D eigenvalue weighted by molar-refractivity contribution is 5.95. The van der Waals surface area contributed by atoms with Gasteiger partial charge in [-0.1, -0.05) is 37.3 Å². The molecule has 1 unspecified atom stereocenters. The number of carbonyl (C=O) groups is 1. The molecule has 2 aromatic rings. The Bertz CT molecular complexity index is 640. The van der Waals surface area contributed by atoms with E-state index in [1.807, 2.05) is 18.2 Å². The van der Waals surface area contributed by atoms with Gasteiger partial charge >= 0.3 is 0 Å². The van der Waals surface area contributed by atoms with E-state index in [2.05, 4.69) is 24.4 Å². The predicted molar refractivity (Wildman–Crippen MR) is 91.2 cm³/mol. The zero-order valence-electron chi connectivity index (χ0n) is 13.8. The summed E-state index contributed by atoms with van der Waals surface area (Å²) in [6.45, 7) is 2.07. The molecule has 0 bridgehead atoms. The maximum absolute atomic E-state index is 12.5. The van der Waals surface area contributed by atoms with Crippen molar-refractivity contribution in [3.63, 3.8) is 0 Å². The van der Waals surface area contributed by atoms with Crippen LogP contribution in [0.15, 0.2) is 48.5 Å². The summed E-state index contributed by atoms with van der Waals surface area (Å²) in [5.41, 5.74) is 1.78. The summed E-state index contributed by atoms with van der Waals surface area (Å²) in [4.78, 5) is 12.5. The van der Waals surface area contributed by atoms with E-state index in [0.29, 0.717) is 17.1 Å². The largest absolute Gasteiger partial charge is 0.493 e. The maximum atomic E-state index is 12.5. The van der Waals surface area contributed by atoms with E-state index in [1.165, 1.54) is 5.56 Å². The molecule has 0 aliphatic carbocycles. The molecule has 2 rings (SSSR count). The number of carbonyl (C=O) groups excluding carboxylic acids is 1. The average Bonchev–Trinajstić information content (AvgIpc) is 2.61. The zero-order valence-corrected chi connectivity index (χ0v) is 13.8. The van der Waals surface area contributed by atoms with Crippen molar-refractivity contribution in [2.75, 3.05) is 14.2 Å². The molecule has 1 atom stereocenters. The van der Waals surface area contributed by atoms with Gasteiger partial charge in [0.1, 0.15) is 0 Å². The van der Waals surface area contributed by atoms with Crippen LogP contribution in [-0.4, -0.2) is 26.2 Å². The number of rotatable bonds is 7. The molecule has 0 aliphatic heterocycles. The van der Waals surface area contributed by atoms with E-state index in [1.54, 1.807) is 32.4 Å². The van der Waals surface area contributed by atoms with Crippen LogP contribution >= 0.6 is 0 Å². The Morgan fingerprint density at radius 2 is 1.74 bits per heavy atom. The summed E-state index contributed by atoms with van der Waals surface area (Å²) in [7, 11) is 3.13. The second-order valence-corrected chi connectivity index (χ2v) is 5.34. The third kappa shape index (κ3) is 4.49. The Morgan fingerprint density at radius 3 is 2.35 bits per heavy atom. The van der Waals surface area contributed by atoms with Crippen molar-refractivity contribution in [3.05, 3.63) is 59.7 Å². The molecule has 122 valence electrons. The van der Waals surface area contributed by atoms with Crippen molar-refractivity contribution in [2.24, 2.45) is 0 Å². The Morgan fingerprint density at radius 1 is 1.04 bits per heavy atom. The number of ether oxygens (including phenoxy) is 2. The molecular formula is C19H23NO3. The molecule has 0 fully saturated rings. The van der Waals surface area contributed by atoms with E-state index in [9.17, 15) is 4.79 Å². The highest BCUT2D eigenvalue weighted by atomic mass is 16.5. The van der Waals surface area contributed by atoms with Gasteiger partial charge in [0.2, 0.25) is 0 Å². The van der Waals surface area contributed by atoms with Crippen LogP contribution in [-0.2, 0) is 6.42 Å². The average molecular weight is 313 g/mol. The summed E-state index contributed by atoms with van der Waals surface area (Å²) in [6, 6.07) is 15.4. The van der Waals surface area contributed by atoms with Gasteiger partial charge in [-0.3, -0.25) is 4.79 Å². The number of amides is 1. The van der Waals surface area contributed by atoms with Crippen LogP contribution in [0.25, 0.3) is 0 Å². The lowest BCUT2D eigenvalue weighted by molar-refractivity contribution is 0.0935. The quantitative estimate of drug-likeness (QED) is 0.851. The molecule has 1 amide bonds. The van der Waals surface area contributed by atoms with Crippen LogP contribution < -0.4 is 14.8 Å². The Balaban J connectivity index is 2.07. The van der Waals surface area contributed by atoms with Crippen LogP contribution in [0.1, 0.15) is 29.3 Å². The van der Waals surface area contributed by atoms with Crippen LogP contribution in [0.3, 0.4) is 0 Å². The summed E-state index contributed by atoms with van der Waals surface area (Å²) in [5.74, 6) is 1.06. The van der Waals surface area contributed by atoms with Crippen LogP contribution in [0, 0.1) is 0 Å². The molecule has 0 aromatic heterocycles. The van der Waals surface area contributed by atoms with E-state index in [-0.39, 0.29) is 11.9 Å². The molecule has 23 heavy (non-hydrogen) atoms. The first kappa shape index (κ1) is 16.9. The highest BCUT2D eigenvalue weighted by Crippen LogP contribution is 2.27. The molecule has 1 N–H and O–H groups in total. The van der Waals surface area contributed by atoms with Gasteiger partial charge in [-0.05, 0) is 36.6 Å². The van der Waals surface area contributed by atoms with E-state index >= 15 is 0 Å². The third-order valence-corrected chi connectivity index (χ3v) is 3.80. The second kappa shape index (κ2) is 8.22. The number of nitrogens with one attached hydrogen (secondary N) is 1. The van der Waals surface area contributed by atoms with E-state index < -0.39 is 0 Å². The summed E-state index contributed by atoms with van der Waals surface area (Å²) < 4.78 is 10.4. The van der Waals surface area contributed by atoms with Gasteiger partial charge in [-0.25, -0.2) is 0 Å². The van der Waals surface area contributed by atoms with Crippen molar-refractivity contribution < 1.29 is 14.3 Å². The van der Waals surface area contributed by atoms with E-state index in [4.69, 9.17) is 9.47 Å². The SMILES string of the molecule is CCC(Cc1ccccc1)NC(=O)c1ccc(OC)c(OC)c1. The maximum Gasteiger partial charge on any atom is 0.251 e. The van der Waals surface area contributed by atoms with Crippen molar-refractivity contribution >= 4 is 5.91 Å². The smallest absolute Gasteiger partial charge is 0.251 e.